The molecule has 0 saturated heterocycles. The highest BCUT2D eigenvalue weighted by atomic mass is 79.9. The minimum Gasteiger partial charge on any atom is -0.497 e. The highest BCUT2D eigenvalue weighted by molar-refractivity contribution is 9.10. The standard InChI is InChI=1S/C37H45BrN4O3Si/c1-36(2,3)46(6,7)45-21-20-40(4)33-24-32(42(39-33)28-12-9-8-10-13-28)27-22-30-34(31(38)23-27)41(35(43)37(30)18-11-19-37)25-26-14-16-29(44-5)17-15-26/h8-10,12-17,22-24H,11,18-21,25H2,1-7H3. The lowest BCUT2D eigenvalue weighted by Crippen LogP contribution is -2.44. The summed E-state index contributed by atoms with van der Waals surface area (Å²) in [6.45, 7) is 13.3. The van der Waals surface area contributed by atoms with Crippen molar-refractivity contribution in [1.29, 1.82) is 0 Å². The van der Waals surface area contributed by atoms with Gasteiger partial charge in [-0.2, -0.15) is 0 Å². The van der Waals surface area contributed by atoms with E-state index in [-0.39, 0.29) is 10.9 Å². The molecule has 0 atom stereocenters. The van der Waals surface area contributed by atoms with Crippen LogP contribution in [0.5, 0.6) is 5.75 Å². The van der Waals surface area contributed by atoms with Gasteiger partial charge < -0.3 is 19.0 Å². The van der Waals surface area contributed by atoms with E-state index in [0.29, 0.717) is 13.2 Å². The smallest absolute Gasteiger partial charge is 0.238 e. The summed E-state index contributed by atoms with van der Waals surface area (Å²) in [5.41, 5.74) is 5.69. The van der Waals surface area contributed by atoms with Crippen molar-refractivity contribution >= 4 is 41.7 Å². The number of hydrogen-bond acceptors (Lipinski definition) is 5. The van der Waals surface area contributed by atoms with Crippen molar-refractivity contribution in [2.45, 2.75) is 70.1 Å². The zero-order chi connectivity index (χ0) is 32.9. The van der Waals surface area contributed by atoms with Gasteiger partial charge in [0, 0.05) is 29.7 Å². The molecule has 242 valence electrons. The quantitative estimate of drug-likeness (QED) is 0.155. The molecular weight excluding hydrogens is 656 g/mol. The zero-order valence-electron chi connectivity index (χ0n) is 28.1. The minimum absolute atomic E-state index is 0.165. The van der Waals surface area contributed by atoms with Gasteiger partial charge in [0.2, 0.25) is 5.91 Å². The Morgan fingerprint density at radius 2 is 1.72 bits per heavy atom. The summed E-state index contributed by atoms with van der Waals surface area (Å²) in [6.07, 6.45) is 2.79. The molecule has 1 aliphatic heterocycles. The monoisotopic (exact) mass is 700 g/mol. The Kier molecular flexibility index (Phi) is 8.71. The number of nitrogens with zero attached hydrogens (tertiary/aromatic N) is 4. The topological polar surface area (TPSA) is 59.8 Å². The molecule has 7 nitrogen and oxygen atoms in total. The number of halogens is 1. The summed E-state index contributed by atoms with van der Waals surface area (Å²) in [6, 6.07) is 24.8. The summed E-state index contributed by atoms with van der Waals surface area (Å²) < 4.78 is 14.8. The molecule has 2 aliphatic rings. The molecule has 1 saturated carbocycles. The summed E-state index contributed by atoms with van der Waals surface area (Å²) >= 11 is 3.92. The van der Waals surface area contributed by atoms with Gasteiger partial charge in [-0.15, -0.1) is 5.10 Å². The van der Waals surface area contributed by atoms with Gasteiger partial charge in [-0.05, 0) is 94.4 Å². The number of aromatic nitrogens is 2. The summed E-state index contributed by atoms with van der Waals surface area (Å²) in [7, 11) is 1.90. The Bertz CT molecular complexity index is 1730. The molecule has 2 heterocycles. The largest absolute Gasteiger partial charge is 0.497 e. The Morgan fingerprint density at radius 3 is 2.33 bits per heavy atom. The van der Waals surface area contributed by atoms with Crippen molar-refractivity contribution in [3.63, 3.8) is 0 Å². The molecule has 1 fully saturated rings. The second-order valence-electron chi connectivity index (χ2n) is 14.2. The first-order chi connectivity index (χ1) is 21.8. The number of para-hydroxylation sites is 1. The van der Waals surface area contributed by atoms with Gasteiger partial charge in [0.1, 0.15) is 5.75 Å². The fourth-order valence-corrected chi connectivity index (χ4v) is 7.94. The van der Waals surface area contributed by atoms with Crippen LogP contribution in [0.25, 0.3) is 16.9 Å². The number of carbonyl (C=O) groups is 1. The average molecular weight is 702 g/mol. The van der Waals surface area contributed by atoms with E-state index in [4.69, 9.17) is 14.3 Å². The fourth-order valence-electron chi connectivity index (χ4n) is 6.23. The molecule has 46 heavy (non-hydrogen) atoms. The van der Waals surface area contributed by atoms with E-state index in [2.05, 4.69) is 92.1 Å². The van der Waals surface area contributed by atoms with Gasteiger partial charge in [0.05, 0.1) is 42.7 Å². The van der Waals surface area contributed by atoms with Gasteiger partial charge in [-0.3, -0.25) is 4.79 Å². The Balaban J connectivity index is 1.36. The van der Waals surface area contributed by atoms with Crippen LogP contribution in [0.15, 0.2) is 77.3 Å². The number of rotatable bonds is 10. The van der Waals surface area contributed by atoms with Crippen molar-refractivity contribution in [2.75, 3.05) is 37.1 Å². The van der Waals surface area contributed by atoms with Crippen molar-refractivity contribution in [1.82, 2.24) is 9.78 Å². The second kappa shape index (κ2) is 12.3. The van der Waals surface area contributed by atoms with Crippen molar-refractivity contribution in [3.05, 3.63) is 88.4 Å². The Labute approximate surface area is 282 Å². The maximum Gasteiger partial charge on any atom is 0.238 e. The molecular formula is C37H45BrN4O3Si. The van der Waals surface area contributed by atoms with Gasteiger partial charge >= 0.3 is 0 Å². The number of likely N-dealkylation sites (N-methyl/N-ethyl adjacent to an activating group) is 1. The molecule has 0 radical (unpaired) electrons. The number of methoxy groups -OCH3 is 1. The molecule has 0 bridgehead atoms. The highest BCUT2D eigenvalue weighted by Crippen LogP contribution is 2.56. The van der Waals surface area contributed by atoms with Crippen LogP contribution in [0.1, 0.15) is 51.2 Å². The van der Waals surface area contributed by atoms with Crippen LogP contribution in [0, 0.1) is 0 Å². The first-order valence-corrected chi connectivity index (χ1v) is 19.8. The van der Waals surface area contributed by atoms with Crippen LogP contribution in [0.4, 0.5) is 11.5 Å². The average Bonchev–Trinajstić information content (AvgIpc) is 3.55. The van der Waals surface area contributed by atoms with E-state index < -0.39 is 13.7 Å². The molecule has 9 heteroatoms. The van der Waals surface area contributed by atoms with E-state index in [1.165, 1.54) is 0 Å². The molecule has 0 unspecified atom stereocenters. The molecule has 3 aromatic carbocycles. The Morgan fingerprint density at radius 1 is 1.02 bits per heavy atom. The first-order valence-electron chi connectivity index (χ1n) is 16.1. The predicted octanol–water partition coefficient (Wildman–Crippen LogP) is 8.74. The maximum atomic E-state index is 14.2. The van der Waals surface area contributed by atoms with Crippen LogP contribution in [-0.4, -0.2) is 51.3 Å². The van der Waals surface area contributed by atoms with Gasteiger partial charge in [0.25, 0.3) is 0 Å². The number of benzene rings is 3. The molecule has 6 rings (SSSR count). The molecule has 1 aliphatic carbocycles. The number of fused-ring (bicyclic) bond motifs is 2. The highest BCUT2D eigenvalue weighted by Gasteiger charge is 2.55. The van der Waals surface area contributed by atoms with Crippen LogP contribution >= 0.6 is 15.9 Å². The minimum atomic E-state index is -1.85. The third-order valence-corrected chi connectivity index (χ3v) is 15.4. The second-order valence-corrected chi connectivity index (χ2v) is 19.9. The van der Waals surface area contributed by atoms with E-state index in [9.17, 15) is 4.79 Å². The third-order valence-electron chi connectivity index (χ3n) is 10.3. The van der Waals surface area contributed by atoms with Crippen LogP contribution in [0.3, 0.4) is 0 Å². The van der Waals surface area contributed by atoms with Crippen molar-refractivity contribution in [2.24, 2.45) is 0 Å². The van der Waals surface area contributed by atoms with Gasteiger partial charge in [-0.1, -0.05) is 57.5 Å². The van der Waals surface area contributed by atoms with Crippen LogP contribution < -0.4 is 14.5 Å². The van der Waals surface area contributed by atoms with Crippen LogP contribution in [-0.2, 0) is 21.2 Å². The molecule has 1 amide bonds. The first kappa shape index (κ1) is 32.5. The lowest BCUT2D eigenvalue weighted by Gasteiger charge is -2.37. The molecule has 4 aromatic rings. The third kappa shape index (κ3) is 5.82. The SMILES string of the molecule is COc1ccc(CN2C(=O)C3(CCC3)c3cc(-c4cc(N(C)CCO[Si](C)(C)C(C)(C)C)nn4-c4ccccc4)cc(Br)c32)cc1. The van der Waals surface area contributed by atoms with Gasteiger partial charge in [-0.25, -0.2) is 4.68 Å². The summed E-state index contributed by atoms with van der Waals surface area (Å²) in [5.74, 6) is 1.88. The molecule has 1 spiro atoms. The number of amides is 1. The van der Waals surface area contributed by atoms with E-state index in [0.717, 1.165) is 75.6 Å². The predicted molar refractivity (Wildman–Crippen MR) is 193 cm³/mol. The lowest BCUT2D eigenvalue weighted by molar-refractivity contribution is -0.126. The number of ether oxygens (including phenoxy) is 1. The van der Waals surface area contributed by atoms with Crippen molar-refractivity contribution < 1.29 is 14.0 Å². The summed E-state index contributed by atoms with van der Waals surface area (Å²) in [4.78, 5) is 18.3. The van der Waals surface area contributed by atoms with Gasteiger partial charge in [0.15, 0.2) is 14.1 Å². The molecule has 0 N–H and O–H groups in total. The van der Waals surface area contributed by atoms with Crippen molar-refractivity contribution in [3.8, 4) is 22.7 Å². The lowest BCUT2D eigenvalue weighted by atomic mass is 9.65. The number of anilines is 2. The Hall–Kier alpha value is -3.40. The number of hydrogen-bond donors (Lipinski definition) is 0. The van der Waals surface area contributed by atoms with E-state index in [1.807, 2.05) is 52.0 Å². The maximum absolute atomic E-state index is 14.2. The van der Waals surface area contributed by atoms with E-state index in [1.54, 1.807) is 7.11 Å². The molecule has 1 aromatic heterocycles. The fraction of sp³-hybridized carbons (Fsp3) is 0.405. The van der Waals surface area contributed by atoms with E-state index >= 15 is 0 Å². The van der Waals surface area contributed by atoms with Crippen LogP contribution in [0.2, 0.25) is 18.1 Å². The number of carbonyl (C=O) groups excluding carboxylic acids is 1. The summed E-state index contributed by atoms with van der Waals surface area (Å²) in [5, 5.41) is 5.27. The zero-order valence-corrected chi connectivity index (χ0v) is 30.6. The normalized spacial score (nSPS) is 15.7.